The molecule has 1 amide bonds. The Morgan fingerprint density at radius 2 is 1.46 bits per heavy atom. The number of carbonyl (C=O) groups excluding carboxylic acids is 2. The zero-order chi connectivity index (χ0) is 20.2. The standard InChI is InChI=1S/C19H38N2O5/c1-18(2,3)25-16(23)10-7-8-12-21(14-15-22)13-9-11-20-17(24)26-19(4,5)6/h22H,7-15H2,1-6H3,(H,20,24). The predicted molar refractivity (Wildman–Crippen MR) is 102 cm³/mol. The second-order valence-electron chi connectivity index (χ2n) is 8.39. The molecule has 0 heterocycles. The largest absolute Gasteiger partial charge is 0.460 e. The van der Waals surface area contributed by atoms with E-state index < -0.39 is 17.3 Å². The lowest BCUT2D eigenvalue weighted by Crippen LogP contribution is -2.35. The molecule has 0 rings (SSSR count). The Bertz CT molecular complexity index is 377. The highest BCUT2D eigenvalue weighted by Crippen LogP contribution is 2.10. The summed E-state index contributed by atoms with van der Waals surface area (Å²) in [6, 6.07) is 0. The molecule has 0 aromatic carbocycles. The van der Waals surface area contributed by atoms with Crippen LogP contribution >= 0.6 is 0 Å². The highest BCUT2D eigenvalue weighted by atomic mass is 16.6. The van der Waals surface area contributed by atoms with E-state index in [1.54, 1.807) is 0 Å². The maximum absolute atomic E-state index is 11.7. The molecule has 0 aliphatic heterocycles. The number of ether oxygens (including phenoxy) is 2. The van der Waals surface area contributed by atoms with Crippen molar-refractivity contribution in [2.24, 2.45) is 0 Å². The van der Waals surface area contributed by atoms with Crippen molar-refractivity contribution in [3.05, 3.63) is 0 Å². The lowest BCUT2D eigenvalue weighted by atomic mass is 10.2. The van der Waals surface area contributed by atoms with Crippen LogP contribution < -0.4 is 5.32 Å². The van der Waals surface area contributed by atoms with Gasteiger partial charge in [0.15, 0.2) is 0 Å². The second-order valence-corrected chi connectivity index (χ2v) is 8.39. The van der Waals surface area contributed by atoms with Crippen molar-refractivity contribution in [2.45, 2.75) is 78.4 Å². The van der Waals surface area contributed by atoms with E-state index in [9.17, 15) is 14.7 Å². The number of rotatable bonds is 11. The first-order chi connectivity index (χ1) is 11.9. The molecule has 0 saturated carbocycles. The van der Waals surface area contributed by atoms with Crippen LogP contribution in [-0.4, -0.2) is 66.1 Å². The number of aliphatic hydroxyl groups excluding tert-OH is 1. The maximum atomic E-state index is 11.7. The number of amides is 1. The summed E-state index contributed by atoms with van der Waals surface area (Å²) in [5.41, 5.74) is -0.942. The van der Waals surface area contributed by atoms with Crippen molar-refractivity contribution >= 4 is 12.1 Å². The fourth-order valence-electron chi connectivity index (χ4n) is 2.28. The van der Waals surface area contributed by atoms with Crippen LogP contribution in [0, 0.1) is 0 Å². The number of unbranched alkanes of at least 4 members (excludes halogenated alkanes) is 1. The molecule has 0 bridgehead atoms. The normalized spacial score (nSPS) is 12.2. The average Bonchev–Trinajstić information content (AvgIpc) is 2.44. The first kappa shape index (κ1) is 24.7. The Kier molecular flexibility index (Phi) is 11.5. The quantitative estimate of drug-likeness (QED) is 0.427. The van der Waals surface area contributed by atoms with Crippen LogP contribution in [0.2, 0.25) is 0 Å². The smallest absolute Gasteiger partial charge is 0.407 e. The van der Waals surface area contributed by atoms with E-state index in [0.29, 0.717) is 19.5 Å². The molecule has 0 atom stereocenters. The average molecular weight is 375 g/mol. The summed E-state index contributed by atoms with van der Waals surface area (Å²) in [7, 11) is 0. The fraction of sp³-hybridized carbons (Fsp3) is 0.895. The van der Waals surface area contributed by atoms with Crippen molar-refractivity contribution in [1.29, 1.82) is 0 Å². The number of esters is 1. The Morgan fingerprint density at radius 3 is 2.00 bits per heavy atom. The molecular formula is C19H38N2O5. The molecule has 0 fully saturated rings. The molecule has 0 unspecified atom stereocenters. The highest BCUT2D eigenvalue weighted by molar-refractivity contribution is 5.69. The van der Waals surface area contributed by atoms with Gasteiger partial charge in [0.2, 0.25) is 0 Å². The van der Waals surface area contributed by atoms with E-state index in [1.165, 1.54) is 0 Å². The minimum atomic E-state index is -0.499. The Labute approximate surface area is 158 Å². The molecular weight excluding hydrogens is 336 g/mol. The van der Waals surface area contributed by atoms with E-state index in [1.807, 2.05) is 41.5 Å². The number of alkyl carbamates (subject to hydrolysis) is 1. The number of hydrogen-bond donors (Lipinski definition) is 2. The number of hydrogen-bond acceptors (Lipinski definition) is 6. The summed E-state index contributed by atoms with van der Waals surface area (Å²) in [5, 5.41) is 11.9. The summed E-state index contributed by atoms with van der Waals surface area (Å²) in [4.78, 5) is 25.4. The van der Waals surface area contributed by atoms with Gasteiger partial charge in [0, 0.05) is 19.5 Å². The molecule has 0 aliphatic rings. The van der Waals surface area contributed by atoms with E-state index in [-0.39, 0.29) is 12.6 Å². The minimum absolute atomic E-state index is 0.0888. The van der Waals surface area contributed by atoms with Crippen molar-refractivity contribution in [3.8, 4) is 0 Å². The van der Waals surface area contributed by atoms with Crippen LogP contribution in [0.15, 0.2) is 0 Å². The van der Waals surface area contributed by atoms with Crippen molar-refractivity contribution in [2.75, 3.05) is 32.8 Å². The minimum Gasteiger partial charge on any atom is -0.460 e. The Morgan fingerprint density at radius 1 is 0.885 bits per heavy atom. The SMILES string of the molecule is CC(C)(C)OC(=O)CCCCN(CCO)CCCNC(=O)OC(C)(C)C. The third-order valence-corrected chi connectivity index (χ3v) is 3.26. The summed E-state index contributed by atoms with van der Waals surface area (Å²) in [5.74, 6) is -0.173. The summed E-state index contributed by atoms with van der Waals surface area (Å²) < 4.78 is 10.5. The van der Waals surface area contributed by atoms with Gasteiger partial charge in [-0.2, -0.15) is 0 Å². The lowest BCUT2D eigenvalue weighted by Gasteiger charge is -2.22. The predicted octanol–water partition coefficient (Wildman–Crippen LogP) is 2.71. The summed E-state index contributed by atoms with van der Waals surface area (Å²) >= 11 is 0. The van der Waals surface area contributed by atoms with Gasteiger partial charge in [-0.15, -0.1) is 0 Å². The van der Waals surface area contributed by atoms with Crippen LogP contribution in [-0.2, 0) is 14.3 Å². The van der Waals surface area contributed by atoms with E-state index >= 15 is 0 Å². The number of nitrogens with zero attached hydrogens (tertiary/aromatic N) is 1. The van der Waals surface area contributed by atoms with Gasteiger partial charge in [-0.05, 0) is 73.9 Å². The molecule has 0 radical (unpaired) electrons. The van der Waals surface area contributed by atoms with Gasteiger partial charge in [-0.25, -0.2) is 4.79 Å². The molecule has 7 nitrogen and oxygen atoms in total. The van der Waals surface area contributed by atoms with Gasteiger partial charge >= 0.3 is 12.1 Å². The molecule has 154 valence electrons. The van der Waals surface area contributed by atoms with E-state index in [4.69, 9.17) is 9.47 Å². The molecule has 26 heavy (non-hydrogen) atoms. The highest BCUT2D eigenvalue weighted by Gasteiger charge is 2.16. The van der Waals surface area contributed by atoms with Crippen LogP contribution in [0.3, 0.4) is 0 Å². The van der Waals surface area contributed by atoms with Gasteiger partial charge in [0.1, 0.15) is 11.2 Å². The zero-order valence-corrected chi connectivity index (χ0v) is 17.4. The van der Waals surface area contributed by atoms with Gasteiger partial charge in [0.05, 0.1) is 6.61 Å². The first-order valence-corrected chi connectivity index (χ1v) is 9.45. The van der Waals surface area contributed by atoms with Crippen LogP contribution in [0.1, 0.15) is 67.2 Å². The van der Waals surface area contributed by atoms with Crippen LogP contribution in [0.25, 0.3) is 0 Å². The lowest BCUT2D eigenvalue weighted by molar-refractivity contribution is -0.154. The Hall–Kier alpha value is -1.34. The third kappa shape index (κ3) is 16.1. The number of aliphatic hydroxyl groups is 1. The fourth-order valence-corrected chi connectivity index (χ4v) is 2.28. The van der Waals surface area contributed by atoms with Crippen molar-refractivity contribution in [1.82, 2.24) is 10.2 Å². The number of carbonyl (C=O) groups is 2. The molecule has 7 heteroatoms. The van der Waals surface area contributed by atoms with Crippen molar-refractivity contribution < 1.29 is 24.2 Å². The van der Waals surface area contributed by atoms with Crippen LogP contribution in [0.4, 0.5) is 4.79 Å². The second kappa shape index (κ2) is 12.1. The first-order valence-electron chi connectivity index (χ1n) is 9.45. The molecule has 0 spiro atoms. The molecule has 0 aliphatic carbocycles. The molecule has 0 aromatic rings. The van der Waals surface area contributed by atoms with E-state index in [2.05, 4.69) is 10.2 Å². The topological polar surface area (TPSA) is 88.1 Å². The summed E-state index contributed by atoms with van der Waals surface area (Å²) in [6.45, 7) is 13.8. The Balaban J connectivity index is 3.93. The zero-order valence-electron chi connectivity index (χ0n) is 17.4. The van der Waals surface area contributed by atoms with Gasteiger partial charge in [0.25, 0.3) is 0 Å². The molecule has 2 N–H and O–H groups in total. The maximum Gasteiger partial charge on any atom is 0.407 e. The van der Waals surface area contributed by atoms with Crippen LogP contribution in [0.5, 0.6) is 0 Å². The van der Waals surface area contributed by atoms with Gasteiger partial charge in [-0.3, -0.25) is 4.79 Å². The molecule has 0 saturated heterocycles. The third-order valence-electron chi connectivity index (χ3n) is 3.26. The van der Waals surface area contributed by atoms with Gasteiger partial charge < -0.3 is 24.8 Å². The molecule has 0 aromatic heterocycles. The number of nitrogens with one attached hydrogen (secondary N) is 1. The van der Waals surface area contributed by atoms with Gasteiger partial charge in [-0.1, -0.05) is 0 Å². The summed E-state index contributed by atoms with van der Waals surface area (Å²) in [6.07, 6.45) is 2.38. The van der Waals surface area contributed by atoms with E-state index in [0.717, 1.165) is 32.4 Å². The monoisotopic (exact) mass is 374 g/mol. The van der Waals surface area contributed by atoms with Crippen molar-refractivity contribution in [3.63, 3.8) is 0 Å².